The number of nitrogen functional groups attached to an aromatic ring is 1. The number of rotatable bonds is 4. The van der Waals surface area contributed by atoms with Crippen LogP contribution in [-0.2, 0) is 9.59 Å². The van der Waals surface area contributed by atoms with E-state index in [0.29, 0.717) is 11.4 Å². The smallest absolute Gasteiger partial charge is 0.224 e. The number of carbonyl (C=O) groups is 2. The van der Waals surface area contributed by atoms with Crippen LogP contribution < -0.4 is 16.2 Å². The normalized spacial score (nSPS) is 9.60. The van der Waals surface area contributed by atoms with Crippen LogP contribution in [0.5, 0.6) is 0 Å². The highest BCUT2D eigenvalue weighted by molar-refractivity contribution is 5.92. The van der Waals surface area contributed by atoms with Crippen molar-refractivity contribution in [3.05, 3.63) is 24.3 Å². The van der Waals surface area contributed by atoms with Gasteiger partial charge >= 0.3 is 0 Å². The third kappa shape index (κ3) is 4.12. The molecule has 0 spiro atoms. The first kappa shape index (κ1) is 11.0. The molecule has 15 heavy (non-hydrogen) atoms. The Labute approximate surface area is 86.9 Å². The van der Waals surface area contributed by atoms with Gasteiger partial charge in [0.25, 0.3) is 0 Å². The Morgan fingerprint density at radius 3 is 2.67 bits per heavy atom. The number of carboxylic acids is 1. The zero-order valence-electron chi connectivity index (χ0n) is 8.03. The van der Waals surface area contributed by atoms with Gasteiger partial charge in [0.1, 0.15) is 0 Å². The van der Waals surface area contributed by atoms with Gasteiger partial charge in [0, 0.05) is 23.8 Å². The number of amides is 1. The molecular formula is C10H11N2O3-. The fourth-order valence-electron chi connectivity index (χ4n) is 1.06. The Balaban J connectivity index is 2.48. The summed E-state index contributed by atoms with van der Waals surface area (Å²) in [7, 11) is 0. The number of hydrogen-bond donors (Lipinski definition) is 2. The maximum Gasteiger partial charge on any atom is 0.224 e. The summed E-state index contributed by atoms with van der Waals surface area (Å²) in [5.41, 5.74) is 6.59. The molecule has 1 amide bonds. The van der Waals surface area contributed by atoms with Crippen LogP contribution in [0.2, 0.25) is 0 Å². The fraction of sp³-hybridized carbons (Fsp3) is 0.200. The molecule has 5 nitrogen and oxygen atoms in total. The largest absolute Gasteiger partial charge is 0.550 e. The number of hydrogen-bond acceptors (Lipinski definition) is 4. The molecule has 0 fully saturated rings. The third-order valence-corrected chi connectivity index (χ3v) is 1.73. The van der Waals surface area contributed by atoms with Crippen LogP contribution >= 0.6 is 0 Å². The molecule has 1 rings (SSSR count). The minimum atomic E-state index is -1.24. The predicted molar refractivity (Wildman–Crippen MR) is 53.7 cm³/mol. The highest BCUT2D eigenvalue weighted by atomic mass is 16.4. The molecule has 0 saturated heterocycles. The summed E-state index contributed by atoms with van der Waals surface area (Å²) in [6.45, 7) is 0. The molecule has 0 aliphatic carbocycles. The zero-order valence-corrected chi connectivity index (χ0v) is 8.03. The standard InChI is InChI=1S/C10H12N2O3/c11-7-2-1-3-8(6-7)12-9(13)4-5-10(14)15/h1-3,6H,4-5,11H2,(H,12,13)(H,14,15)/p-1. The molecule has 0 aliphatic rings. The summed E-state index contributed by atoms with van der Waals surface area (Å²) in [5.74, 6) is -1.61. The van der Waals surface area contributed by atoms with Crippen molar-refractivity contribution in [2.24, 2.45) is 0 Å². The fourth-order valence-corrected chi connectivity index (χ4v) is 1.06. The monoisotopic (exact) mass is 207 g/mol. The first-order chi connectivity index (χ1) is 7.08. The number of nitrogens with two attached hydrogens (primary N) is 1. The topological polar surface area (TPSA) is 95.2 Å². The highest BCUT2D eigenvalue weighted by Crippen LogP contribution is 2.11. The zero-order chi connectivity index (χ0) is 11.3. The van der Waals surface area contributed by atoms with Crippen molar-refractivity contribution in [1.29, 1.82) is 0 Å². The van der Waals surface area contributed by atoms with Crippen LogP contribution in [-0.4, -0.2) is 11.9 Å². The van der Waals surface area contributed by atoms with E-state index < -0.39 is 5.97 Å². The lowest BCUT2D eigenvalue weighted by molar-refractivity contribution is -0.305. The van der Waals surface area contributed by atoms with E-state index >= 15 is 0 Å². The SMILES string of the molecule is Nc1cccc(NC(=O)CCC(=O)[O-])c1. The minimum absolute atomic E-state index is 0.100. The molecule has 0 heterocycles. The van der Waals surface area contributed by atoms with Crippen LogP contribution in [0.1, 0.15) is 12.8 Å². The van der Waals surface area contributed by atoms with E-state index in [4.69, 9.17) is 5.73 Å². The van der Waals surface area contributed by atoms with E-state index in [9.17, 15) is 14.7 Å². The Bertz CT molecular complexity index is 377. The minimum Gasteiger partial charge on any atom is -0.550 e. The average Bonchev–Trinajstić information content (AvgIpc) is 2.15. The summed E-state index contributed by atoms with van der Waals surface area (Å²) < 4.78 is 0. The number of carboxylic acid groups (broad SMARTS) is 1. The number of carbonyl (C=O) groups excluding carboxylic acids is 2. The van der Waals surface area contributed by atoms with E-state index in [1.807, 2.05) is 0 Å². The molecule has 0 atom stereocenters. The summed E-state index contributed by atoms with van der Waals surface area (Å²) in [6, 6.07) is 6.66. The summed E-state index contributed by atoms with van der Waals surface area (Å²) in [6.07, 6.45) is -0.384. The second kappa shape index (κ2) is 4.99. The van der Waals surface area contributed by atoms with Gasteiger partial charge in [-0.2, -0.15) is 0 Å². The molecular weight excluding hydrogens is 196 g/mol. The molecule has 3 N–H and O–H groups in total. The number of aliphatic carboxylic acids is 1. The molecule has 1 aromatic rings. The lowest BCUT2D eigenvalue weighted by Crippen LogP contribution is -2.24. The maximum atomic E-state index is 11.2. The van der Waals surface area contributed by atoms with Gasteiger partial charge in [-0.25, -0.2) is 0 Å². The predicted octanol–water partition coefficient (Wildman–Crippen LogP) is -0.263. The van der Waals surface area contributed by atoms with Crippen molar-refractivity contribution in [3.63, 3.8) is 0 Å². The first-order valence-corrected chi connectivity index (χ1v) is 4.43. The molecule has 0 aliphatic heterocycles. The van der Waals surface area contributed by atoms with Crippen molar-refractivity contribution in [2.75, 3.05) is 11.1 Å². The molecule has 0 bridgehead atoms. The van der Waals surface area contributed by atoms with Crippen LogP contribution in [0.4, 0.5) is 11.4 Å². The van der Waals surface area contributed by atoms with Gasteiger partial charge in [-0.1, -0.05) is 6.07 Å². The molecule has 1 aromatic carbocycles. The molecule has 80 valence electrons. The van der Waals surface area contributed by atoms with E-state index in [2.05, 4.69) is 5.32 Å². The number of nitrogens with one attached hydrogen (secondary N) is 1. The Morgan fingerprint density at radius 2 is 2.07 bits per heavy atom. The second-order valence-electron chi connectivity index (χ2n) is 3.05. The Kier molecular flexibility index (Phi) is 3.68. The highest BCUT2D eigenvalue weighted by Gasteiger charge is 2.02. The van der Waals surface area contributed by atoms with Crippen LogP contribution in [0, 0.1) is 0 Å². The van der Waals surface area contributed by atoms with Gasteiger partial charge in [-0.3, -0.25) is 4.79 Å². The molecule has 0 saturated carbocycles. The first-order valence-electron chi connectivity index (χ1n) is 4.43. The van der Waals surface area contributed by atoms with Gasteiger partial charge in [0.2, 0.25) is 5.91 Å². The van der Waals surface area contributed by atoms with Gasteiger partial charge < -0.3 is 21.0 Å². The Morgan fingerprint density at radius 1 is 1.33 bits per heavy atom. The molecule has 5 heteroatoms. The van der Waals surface area contributed by atoms with Crippen molar-refractivity contribution < 1.29 is 14.7 Å². The maximum absolute atomic E-state index is 11.2. The average molecular weight is 207 g/mol. The lowest BCUT2D eigenvalue weighted by Gasteiger charge is -2.05. The number of anilines is 2. The third-order valence-electron chi connectivity index (χ3n) is 1.73. The quantitative estimate of drug-likeness (QED) is 0.665. The van der Waals surface area contributed by atoms with E-state index in [-0.39, 0.29) is 18.7 Å². The summed E-state index contributed by atoms with van der Waals surface area (Å²) in [4.78, 5) is 21.3. The second-order valence-corrected chi connectivity index (χ2v) is 3.05. The van der Waals surface area contributed by atoms with Crippen molar-refractivity contribution >= 4 is 23.3 Å². The lowest BCUT2D eigenvalue weighted by atomic mass is 10.2. The Hall–Kier alpha value is -2.04. The summed E-state index contributed by atoms with van der Waals surface area (Å²) >= 11 is 0. The molecule has 0 radical (unpaired) electrons. The van der Waals surface area contributed by atoms with Crippen molar-refractivity contribution in [2.45, 2.75) is 12.8 Å². The van der Waals surface area contributed by atoms with E-state index in [0.717, 1.165) is 0 Å². The van der Waals surface area contributed by atoms with E-state index in [1.165, 1.54) is 0 Å². The van der Waals surface area contributed by atoms with Gasteiger partial charge in [0.05, 0.1) is 0 Å². The van der Waals surface area contributed by atoms with Crippen molar-refractivity contribution in [1.82, 2.24) is 0 Å². The van der Waals surface area contributed by atoms with E-state index in [1.54, 1.807) is 24.3 Å². The molecule has 0 aromatic heterocycles. The van der Waals surface area contributed by atoms with Crippen LogP contribution in [0.15, 0.2) is 24.3 Å². The van der Waals surface area contributed by atoms with Gasteiger partial charge in [-0.15, -0.1) is 0 Å². The van der Waals surface area contributed by atoms with Crippen LogP contribution in [0.3, 0.4) is 0 Å². The van der Waals surface area contributed by atoms with Crippen LogP contribution in [0.25, 0.3) is 0 Å². The number of benzene rings is 1. The van der Waals surface area contributed by atoms with Gasteiger partial charge in [-0.05, 0) is 24.6 Å². The van der Waals surface area contributed by atoms with Gasteiger partial charge in [0.15, 0.2) is 0 Å². The van der Waals surface area contributed by atoms with Crippen molar-refractivity contribution in [3.8, 4) is 0 Å². The summed E-state index contributed by atoms with van der Waals surface area (Å²) in [5, 5.41) is 12.6. The molecule has 0 unspecified atom stereocenters.